The van der Waals surface area contributed by atoms with Gasteiger partial charge in [-0.15, -0.1) is 0 Å². The SMILES string of the molecule is Cc1c(C(N)=O)cc(C(=O)CN2CCN(C(=O)Nc3ccc(C(F)(F)F)cc3)CC2)n1Cc1ccccc1F. The standard InChI is InChI=1S/C27H27F4N5O3/c1-17-21(25(32)38)14-23(36(17)15-18-4-2-3-5-22(18)28)24(37)16-34-10-12-35(13-11-34)26(39)33-20-8-6-19(7-9-20)27(29,30)31/h2-9,14H,10-13,15-16H2,1H3,(H2,32,38)(H,33,39). The number of aromatic nitrogens is 1. The minimum absolute atomic E-state index is 0.00723. The Labute approximate surface area is 222 Å². The van der Waals surface area contributed by atoms with Crippen molar-refractivity contribution in [2.24, 2.45) is 5.73 Å². The molecule has 3 amide bonds. The Bertz CT molecular complexity index is 1380. The summed E-state index contributed by atoms with van der Waals surface area (Å²) in [6.45, 7) is 3.04. The number of alkyl halides is 3. The van der Waals surface area contributed by atoms with Gasteiger partial charge in [-0.3, -0.25) is 14.5 Å². The number of rotatable bonds is 7. The van der Waals surface area contributed by atoms with E-state index in [4.69, 9.17) is 5.73 Å². The maximum absolute atomic E-state index is 14.3. The lowest BCUT2D eigenvalue weighted by atomic mass is 10.2. The molecule has 1 aliphatic rings. The lowest BCUT2D eigenvalue weighted by Crippen LogP contribution is -2.51. The maximum atomic E-state index is 14.3. The zero-order valence-corrected chi connectivity index (χ0v) is 21.1. The van der Waals surface area contributed by atoms with Crippen LogP contribution < -0.4 is 11.1 Å². The molecule has 1 aliphatic heterocycles. The zero-order valence-electron chi connectivity index (χ0n) is 21.1. The van der Waals surface area contributed by atoms with E-state index in [1.165, 1.54) is 29.2 Å². The summed E-state index contributed by atoms with van der Waals surface area (Å²) in [5.74, 6) is -1.42. The molecule has 0 unspecified atom stereocenters. The number of primary amides is 1. The van der Waals surface area contributed by atoms with Crippen LogP contribution in [0.3, 0.4) is 0 Å². The van der Waals surface area contributed by atoms with Gasteiger partial charge in [0.15, 0.2) is 5.78 Å². The summed E-state index contributed by atoms with van der Waals surface area (Å²) in [5, 5.41) is 2.58. The molecule has 8 nitrogen and oxygen atoms in total. The Hall–Kier alpha value is -4.19. The molecule has 206 valence electrons. The number of urea groups is 1. The molecule has 1 fully saturated rings. The number of carbonyl (C=O) groups excluding carboxylic acids is 3. The van der Waals surface area contributed by atoms with Crippen LogP contribution in [0.1, 0.15) is 37.7 Å². The Balaban J connectivity index is 1.38. The van der Waals surface area contributed by atoms with Gasteiger partial charge < -0.3 is 20.5 Å². The molecule has 2 aromatic carbocycles. The topological polar surface area (TPSA) is 101 Å². The Morgan fingerprint density at radius 2 is 1.62 bits per heavy atom. The third-order valence-corrected chi connectivity index (χ3v) is 6.69. The minimum Gasteiger partial charge on any atom is -0.366 e. The van der Waals surface area contributed by atoms with E-state index in [9.17, 15) is 31.9 Å². The van der Waals surface area contributed by atoms with Crippen molar-refractivity contribution >= 4 is 23.4 Å². The van der Waals surface area contributed by atoms with E-state index in [2.05, 4.69) is 5.32 Å². The number of halogens is 4. The van der Waals surface area contributed by atoms with Crippen LogP contribution in [0.15, 0.2) is 54.6 Å². The third-order valence-electron chi connectivity index (χ3n) is 6.69. The Morgan fingerprint density at radius 3 is 2.21 bits per heavy atom. The number of nitrogens with zero attached hydrogens (tertiary/aromatic N) is 3. The first-order chi connectivity index (χ1) is 18.4. The van der Waals surface area contributed by atoms with Crippen molar-refractivity contribution in [2.45, 2.75) is 19.6 Å². The summed E-state index contributed by atoms with van der Waals surface area (Å²) in [6.07, 6.45) is -4.46. The second kappa shape index (κ2) is 11.3. The van der Waals surface area contributed by atoms with Gasteiger partial charge in [-0.25, -0.2) is 9.18 Å². The number of ketones is 1. The van der Waals surface area contributed by atoms with Crippen molar-refractivity contribution in [3.05, 3.63) is 88.5 Å². The highest BCUT2D eigenvalue weighted by Gasteiger charge is 2.30. The van der Waals surface area contributed by atoms with E-state index in [0.29, 0.717) is 37.4 Å². The van der Waals surface area contributed by atoms with Crippen LogP contribution in [0.4, 0.5) is 28.0 Å². The quantitative estimate of drug-likeness (QED) is 0.344. The number of anilines is 1. The Kier molecular flexibility index (Phi) is 8.05. The number of nitrogens with two attached hydrogens (primary N) is 1. The molecule has 4 rings (SSSR count). The molecule has 1 aromatic heterocycles. The van der Waals surface area contributed by atoms with Crippen LogP contribution in [0.5, 0.6) is 0 Å². The van der Waals surface area contributed by atoms with Crippen molar-refractivity contribution in [3.63, 3.8) is 0 Å². The molecule has 3 aromatic rings. The fourth-order valence-corrected chi connectivity index (χ4v) is 4.46. The van der Waals surface area contributed by atoms with Crippen LogP contribution in [-0.4, -0.2) is 64.8 Å². The lowest BCUT2D eigenvalue weighted by molar-refractivity contribution is -0.137. The van der Waals surface area contributed by atoms with Crippen molar-refractivity contribution in [3.8, 4) is 0 Å². The first kappa shape index (κ1) is 27.8. The molecule has 12 heteroatoms. The van der Waals surface area contributed by atoms with E-state index in [0.717, 1.165) is 12.1 Å². The summed E-state index contributed by atoms with van der Waals surface area (Å²) in [5.41, 5.74) is 6.14. The average molecular weight is 546 g/mol. The molecular formula is C27H27F4N5O3. The molecule has 0 saturated carbocycles. The highest BCUT2D eigenvalue weighted by molar-refractivity contribution is 6.01. The molecule has 0 atom stereocenters. The van der Waals surface area contributed by atoms with Gasteiger partial charge in [0, 0.05) is 43.1 Å². The second-order valence-corrected chi connectivity index (χ2v) is 9.26. The number of hydrogen-bond acceptors (Lipinski definition) is 4. The monoisotopic (exact) mass is 545 g/mol. The van der Waals surface area contributed by atoms with Gasteiger partial charge in [0.05, 0.1) is 29.9 Å². The summed E-state index contributed by atoms with van der Waals surface area (Å²) in [7, 11) is 0. The summed E-state index contributed by atoms with van der Waals surface area (Å²) in [6, 6.07) is 11.3. The van der Waals surface area contributed by atoms with Crippen molar-refractivity contribution in [1.29, 1.82) is 0 Å². The normalized spacial score (nSPS) is 14.3. The highest BCUT2D eigenvalue weighted by Crippen LogP contribution is 2.30. The van der Waals surface area contributed by atoms with Gasteiger partial charge in [0.2, 0.25) is 0 Å². The minimum atomic E-state index is -4.46. The zero-order chi connectivity index (χ0) is 28.3. The van der Waals surface area contributed by atoms with Crippen LogP contribution in [0, 0.1) is 12.7 Å². The van der Waals surface area contributed by atoms with Gasteiger partial charge in [0.1, 0.15) is 5.82 Å². The highest BCUT2D eigenvalue weighted by atomic mass is 19.4. The molecule has 39 heavy (non-hydrogen) atoms. The van der Waals surface area contributed by atoms with Crippen molar-refractivity contribution < 1.29 is 31.9 Å². The molecule has 0 aliphatic carbocycles. The van der Waals surface area contributed by atoms with Gasteiger partial charge in [0.25, 0.3) is 5.91 Å². The molecule has 0 spiro atoms. The smallest absolute Gasteiger partial charge is 0.366 e. The number of benzene rings is 2. The number of carbonyl (C=O) groups is 3. The fourth-order valence-electron chi connectivity index (χ4n) is 4.46. The maximum Gasteiger partial charge on any atom is 0.416 e. The first-order valence-corrected chi connectivity index (χ1v) is 12.2. The van der Waals surface area contributed by atoms with Gasteiger partial charge in [-0.1, -0.05) is 18.2 Å². The fraction of sp³-hybridized carbons (Fsp3) is 0.296. The van der Waals surface area contributed by atoms with Crippen LogP contribution in [0.2, 0.25) is 0 Å². The Morgan fingerprint density at radius 1 is 0.974 bits per heavy atom. The summed E-state index contributed by atoms with van der Waals surface area (Å²) < 4.78 is 54.1. The van der Waals surface area contributed by atoms with E-state index in [1.54, 1.807) is 29.7 Å². The summed E-state index contributed by atoms with van der Waals surface area (Å²) >= 11 is 0. The van der Waals surface area contributed by atoms with Crippen molar-refractivity contribution in [2.75, 3.05) is 38.0 Å². The van der Waals surface area contributed by atoms with Crippen LogP contribution in [0.25, 0.3) is 0 Å². The number of hydrogen-bond donors (Lipinski definition) is 2. The second-order valence-electron chi connectivity index (χ2n) is 9.26. The number of Topliss-reactive ketones (excluding diaryl/α,β-unsaturated/α-hetero) is 1. The van der Waals surface area contributed by atoms with Crippen LogP contribution >= 0.6 is 0 Å². The van der Waals surface area contributed by atoms with Gasteiger partial charge in [-0.2, -0.15) is 13.2 Å². The number of piperazine rings is 1. The number of nitrogens with one attached hydrogen (secondary N) is 1. The van der Waals surface area contributed by atoms with E-state index < -0.39 is 29.5 Å². The van der Waals surface area contributed by atoms with E-state index >= 15 is 0 Å². The van der Waals surface area contributed by atoms with E-state index in [-0.39, 0.29) is 35.8 Å². The molecule has 3 N–H and O–H groups in total. The third kappa shape index (κ3) is 6.45. The molecule has 2 heterocycles. The first-order valence-electron chi connectivity index (χ1n) is 12.2. The van der Waals surface area contributed by atoms with Gasteiger partial charge >= 0.3 is 12.2 Å². The molecular weight excluding hydrogens is 518 g/mol. The average Bonchev–Trinajstić information content (AvgIpc) is 3.22. The van der Waals surface area contributed by atoms with Gasteiger partial charge in [-0.05, 0) is 43.3 Å². The lowest BCUT2D eigenvalue weighted by Gasteiger charge is -2.34. The predicted octanol–water partition coefficient (Wildman–Crippen LogP) is 4.13. The molecule has 1 saturated heterocycles. The van der Waals surface area contributed by atoms with E-state index in [1.807, 2.05) is 4.90 Å². The number of amides is 3. The van der Waals surface area contributed by atoms with Crippen molar-refractivity contribution in [1.82, 2.24) is 14.4 Å². The van der Waals surface area contributed by atoms with Crippen LogP contribution in [-0.2, 0) is 12.7 Å². The predicted molar refractivity (Wildman–Crippen MR) is 136 cm³/mol. The summed E-state index contributed by atoms with van der Waals surface area (Å²) in [4.78, 5) is 41.1. The largest absolute Gasteiger partial charge is 0.416 e. The molecule has 0 radical (unpaired) electrons. The molecule has 0 bridgehead atoms.